The number of hydrogen-bond acceptors (Lipinski definition) is 4. The van der Waals surface area contributed by atoms with Crippen LogP contribution in [-0.4, -0.2) is 35.5 Å². The van der Waals surface area contributed by atoms with E-state index >= 15 is 0 Å². The van der Waals surface area contributed by atoms with Gasteiger partial charge in [-0.25, -0.2) is 21.5 Å². The van der Waals surface area contributed by atoms with Gasteiger partial charge in [-0.15, -0.1) is 0 Å². The summed E-state index contributed by atoms with van der Waals surface area (Å²) in [5.41, 5.74) is -0.343. The predicted molar refractivity (Wildman–Crippen MR) is 114 cm³/mol. The lowest BCUT2D eigenvalue weighted by Crippen LogP contribution is -2.62. The average Bonchev–Trinajstić information content (AvgIpc) is 3.09. The summed E-state index contributed by atoms with van der Waals surface area (Å²) in [4.78, 5) is 0. The summed E-state index contributed by atoms with van der Waals surface area (Å²) in [7, 11) is -2.84. The number of guanidine groups is 1. The Kier molecular flexibility index (Phi) is 4.80. The number of nitrogens with one attached hydrogen (secondary N) is 2. The molecule has 1 saturated heterocycles. The SMILES string of the molecule is CC(C)n1ncc2cc([C@@H]3[C@@](C)(c4ccc(F)cc4F)NC(=N)N(C)S3(=O)=O)ccc21. The molecule has 0 aliphatic carbocycles. The van der Waals surface area contributed by atoms with Crippen molar-refractivity contribution in [3.8, 4) is 0 Å². The van der Waals surface area contributed by atoms with E-state index in [4.69, 9.17) is 5.41 Å². The Morgan fingerprint density at radius 3 is 2.55 bits per heavy atom. The van der Waals surface area contributed by atoms with Gasteiger partial charge in [0.2, 0.25) is 16.0 Å². The number of hydrogen-bond donors (Lipinski definition) is 2. The van der Waals surface area contributed by atoms with Gasteiger partial charge in [-0.05, 0) is 44.5 Å². The van der Waals surface area contributed by atoms with Gasteiger partial charge in [0, 0.05) is 30.1 Å². The van der Waals surface area contributed by atoms with Crippen molar-refractivity contribution in [2.24, 2.45) is 0 Å². The summed E-state index contributed by atoms with van der Waals surface area (Å²) in [6.07, 6.45) is 1.66. The fourth-order valence-corrected chi connectivity index (χ4v) is 6.13. The molecule has 0 radical (unpaired) electrons. The summed E-state index contributed by atoms with van der Waals surface area (Å²) in [6.45, 7) is 5.49. The Hall–Kier alpha value is -3.01. The minimum Gasteiger partial charge on any atom is -0.345 e. The van der Waals surface area contributed by atoms with Crippen LogP contribution in [0.4, 0.5) is 8.78 Å². The predicted octanol–water partition coefficient (Wildman–Crippen LogP) is 3.65. The molecule has 0 unspecified atom stereocenters. The lowest BCUT2D eigenvalue weighted by molar-refractivity contribution is 0.344. The highest BCUT2D eigenvalue weighted by molar-refractivity contribution is 7.90. The second-order valence-electron chi connectivity index (χ2n) is 8.19. The fraction of sp³-hybridized carbons (Fsp3) is 0.333. The van der Waals surface area contributed by atoms with E-state index in [1.54, 1.807) is 24.4 Å². The van der Waals surface area contributed by atoms with Crippen molar-refractivity contribution < 1.29 is 17.2 Å². The molecule has 2 heterocycles. The summed E-state index contributed by atoms with van der Waals surface area (Å²) >= 11 is 0. The molecule has 1 aliphatic rings. The molecular weight excluding hydrogens is 424 g/mol. The van der Waals surface area contributed by atoms with Crippen LogP contribution in [0.2, 0.25) is 0 Å². The molecule has 31 heavy (non-hydrogen) atoms. The maximum absolute atomic E-state index is 14.8. The second kappa shape index (κ2) is 7.01. The quantitative estimate of drug-likeness (QED) is 0.641. The van der Waals surface area contributed by atoms with E-state index in [9.17, 15) is 17.2 Å². The van der Waals surface area contributed by atoms with Crippen LogP contribution in [0.3, 0.4) is 0 Å². The van der Waals surface area contributed by atoms with E-state index < -0.39 is 38.4 Å². The number of fused-ring (bicyclic) bond motifs is 1. The first-order valence-corrected chi connectivity index (χ1v) is 11.2. The summed E-state index contributed by atoms with van der Waals surface area (Å²) < 4.78 is 58.0. The van der Waals surface area contributed by atoms with Crippen LogP contribution in [0.25, 0.3) is 10.9 Å². The molecule has 7 nitrogen and oxygen atoms in total. The van der Waals surface area contributed by atoms with Crippen LogP contribution in [0.5, 0.6) is 0 Å². The molecule has 0 saturated carbocycles. The number of sulfonamides is 1. The van der Waals surface area contributed by atoms with Gasteiger partial charge in [0.25, 0.3) is 0 Å². The number of aromatic nitrogens is 2. The van der Waals surface area contributed by atoms with E-state index in [0.29, 0.717) is 11.6 Å². The first-order chi connectivity index (χ1) is 14.5. The lowest BCUT2D eigenvalue weighted by atomic mass is 9.84. The Morgan fingerprint density at radius 1 is 1.19 bits per heavy atom. The van der Waals surface area contributed by atoms with Crippen LogP contribution < -0.4 is 5.32 Å². The second-order valence-corrected chi connectivity index (χ2v) is 10.2. The maximum Gasteiger partial charge on any atom is 0.246 e. The third kappa shape index (κ3) is 3.16. The molecule has 1 fully saturated rings. The van der Waals surface area contributed by atoms with Gasteiger partial charge in [-0.2, -0.15) is 5.10 Å². The van der Waals surface area contributed by atoms with E-state index in [2.05, 4.69) is 10.4 Å². The van der Waals surface area contributed by atoms with Gasteiger partial charge in [-0.3, -0.25) is 10.1 Å². The third-order valence-corrected chi connectivity index (χ3v) is 8.08. The molecule has 164 valence electrons. The fourth-order valence-electron chi connectivity index (χ4n) is 4.24. The van der Waals surface area contributed by atoms with Crippen LogP contribution >= 0.6 is 0 Å². The highest BCUT2D eigenvalue weighted by Crippen LogP contribution is 2.46. The Morgan fingerprint density at radius 2 is 1.90 bits per heavy atom. The molecule has 3 aromatic rings. The Balaban J connectivity index is 1.96. The smallest absolute Gasteiger partial charge is 0.246 e. The first kappa shape index (κ1) is 21.2. The molecular formula is C21H23F2N5O2S. The highest BCUT2D eigenvalue weighted by atomic mass is 32.2. The monoisotopic (exact) mass is 447 g/mol. The van der Waals surface area contributed by atoms with E-state index in [0.717, 1.165) is 21.3 Å². The molecule has 2 atom stereocenters. The van der Waals surface area contributed by atoms with E-state index in [-0.39, 0.29) is 11.6 Å². The maximum atomic E-state index is 14.8. The van der Waals surface area contributed by atoms with Crippen LogP contribution in [0.1, 0.15) is 43.2 Å². The van der Waals surface area contributed by atoms with Crippen molar-refractivity contribution in [3.63, 3.8) is 0 Å². The number of rotatable bonds is 3. The van der Waals surface area contributed by atoms with Crippen molar-refractivity contribution in [1.82, 2.24) is 19.4 Å². The molecule has 2 N–H and O–H groups in total. The Labute approximate surface area is 179 Å². The van der Waals surface area contributed by atoms with Crippen molar-refractivity contribution in [3.05, 3.63) is 65.4 Å². The summed E-state index contributed by atoms with van der Waals surface area (Å²) in [5.74, 6) is -2.05. The normalized spacial score (nSPS) is 23.4. The van der Waals surface area contributed by atoms with Crippen molar-refractivity contribution in [2.75, 3.05) is 7.05 Å². The van der Waals surface area contributed by atoms with Crippen molar-refractivity contribution >= 4 is 26.9 Å². The van der Waals surface area contributed by atoms with Gasteiger partial charge in [-0.1, -0.05) is 12.1 Å². The van der Waals surface area contributed by atoms with E-state index in [1.165, 1.54) is 20.0 Å². The Bertz CT molecular complexity index is 1300. The standard InChI is InChI=1S/C21H23F2N5O2S/c1-12(2)28-18-8-5-13(9-14(18)11-25-28)19-21(3,16-7-6-15(22)10-17(16)23)26-20(24)27(4)31(19,29)30/h5-12,19H,1-4H3,(H2,24,26)/t19-,21-/m1/s1. The van der Waals surface area contributed by atoms with Crippen molar-refractivity contribution in [1.29, 1.82) is 5.41 Å². The molecule has 4 rings (SSSR count). The van der Waals surface area contributed by atoms with Crippen LogP contribution in [0.15, 0.2) is 42.6 Å². The molecule has 1 aliphatic heterocycles. The van der Waals surface area contributed by atoms with Gasteiger partial charge >= 0.3 is 0 Å². The zero-order valence-corrected chi connectivity index (χ0v) is 18.3. The minimum absolute atomic E-state index is 0.0432. The molecule has 1 aromatic heterocycles. The van der Waals surface area contributed by atoms with Crippen LogP contribution in [0, 0.1) is 17.0 Å². The molecule has 0 spiro atoms. The number of benzene rings is 2. The van der Waals surface area contributed by atoms with E-state index in [1.807, 2.05) is 18.5 Å². The average molecular weight is 448 g/mol. The molecule has 0 bridgehead atoms. The third-order valence-electron chi connectivity index (χ3n) is 5.80. The van der Waals surface area contributed by atoms with Crippen molar-refractivity contribution in [2.45, 2.75) is 37.6 Å². The summed E-state index contributed by atoms with van der Waals surface area (Å²) in [5, 5.41) is 14.8. The highest BCUT2D eigenvalue weighted by Gasteiger charge is 2.53. The molecule has 10 heteroatoms. The molecule has 2 aromatic carbocycles. The van der Waals surface area contributed by atoms with Gasteiger partial charge < -0.3 is 5.32 Å². The number of halogens is 2. The van der Waals surface area contributed by atoms with Crippen LogP contribution in [-0.2, 0) is 15.6 Å². The number of nitrogens with zero attached hydrogens (tertiary/aromatic N) is 3. The summed E-state index contributed by atoms with van der Waals surface area (Å²) in [6, 6.07) is 8.30. The zero-order chi connectivity index (χ0) is 22.7. The lowest BCUT2D eigenvalue weighted by Gasteiger charge is -2.46. The minimum atomic E-state index is -4.11. The first-order valence-electron chi connectivity index (χ1n) is 9.74. The van der Waals surface area contributed by atoms with Gasteiger partial charge in [0.1, 0.15) is 16.9 Å². The topological polar surface area (TPSA) is 91.1 Å². The zero-order valence-electron chi connectivity index (χ0n) is 17.5. The van der Waals surface area contributed by atoms with Gasteiger partial charge in [0.15, 0.2) is 0 Å². The molecule has 0 amide bonds. The van der Waals surface area contributed by atoms with Gasteiger partial charge in [0.05, 0.1) is 17.3 Å². The largest absolute Gasteiger partial charge is 0.345 e.